The molecule has 0 spiro atoms. The molecule has 0 atom stereocenters. The molecule has 1 amide bonds. The van der Waals surface area contributed by atoms with E-state index in [1.165, 1.54) is 37.4 Å². The van der Waals surface area contributed by atoms with Gasteiger partial charge in [0, 0.05) is 31.1 Å². The summed E-state index contributed by atoms with van der Waals surface area (Å²) < 4.78 is 0. The number of hydrogen-bond acceptors (Lipinski definition) is 3. The molecule has 1 aliphatic rings. The Kier molecular flexibility index (Phi) is 32.4. The Labute approximate surface area is 221 Å². The zero-order chi connectivity index (χ0) is 20.8. The minimum atomic E-state index is 0. The predicted molar refractivity (Wildman–Crippen MR) is 124 cm³/mol. The van der Waals surface area contributed by atoms with Gasteiger partial charge in [0.1, 0.15) is 0 Å². The third-order valence-corrected chi connectivity index (χ3v) is 4.08. The first kappa shape index (κ1) is 33.1. The molecule has 1 N–H and O–H groups in total. The maximum absolute atomic E-state index is 10.2. The molecule has 2 rings (SSSR count). The normalized spacial score (nSPS) is 12.4. The van der Waals surface area contributed by atoms with Crippen LogP contribution in [0.4, 0.5) is 5.69 Å². The van der Waals surface area contributed by atoms with Gasteiger partial charge in [-0.1, -0.05) is 78.6 Å². The molecule has 0 unspecified atom stereocenters. The summed E-state index contributed by atoms with van der Waals surface area (Å²) in [4.78, 5) is 12.7. The van der Waals surface area contributed by atoms with Crippen LogP contribution in [0, 0.1) is 0 Å². The molecule has 0 aliphatic carbocycles. The van der Waals surface area contributed by atoms with Crippen molar-refractivity contribution >= 4 is 23.9 Å². The first-order valence-corrected chi connectivity index (χ1v) is 11.6. The number of carbonyl (C=O) groups excluding carboxylic acids is 1. The van der Waals surface area contributed by atoms with Crippen molar-refractivity contribution in [3.05, 3.63) is 35.1 Å². The molecule has 158 valence electrons. The molecule has 28 heavy (non-hydrogen) atoms. The quantitative estimate of drug-likeness (QED) is 0.529. The Morgan fingerprint density at radius 2 is 1.54 bits per heavy atom. The van der Waals surface area contributed by atoms with Crippen LogP contribution in [0.25, 0.3) is 5.32 Å². The fourth-order valence-electron chi connectivity index (χ4n) is 2.02. The van der Waals surface area contributed by atoms with E-state index in [0.29, 0.717) is 6.54 Å². The van der Waals surface area contributed by atoms with Crippen LogP contribution in [-0.2, 0) is 11.3 Å². The van der Waals surface area contributed by atoms with Gasteiger partial charge in [-0.2, -0.15) is 11.8 Å². The van der Waals surface area contributed by atoms with E-state index in [-0.39, 0.29) is 51.4 Å². The molecule has 1 aromatic rings. The van der Waals surface area contributed by atoms with Crippen molar-refractivity contribution in [2.24, 2.45) is 0 Å². The molecular formula is C22H42KN3OS. The topological polar surface area (TPSA) is 46.4 Å². The number of rotatable bonds is 7. The molecule has 0 bridgehead atoms. The van der Waals surface area contributed by atoms with Crippen LogP contribution < -0.4 is 56.7 Å². The third kappa shape index (κ3) is 21.2. The number of nitrogens with one attached hydrogen (secondary N) is 1. The van der Waals surface area contributed by atoms with Crippen molar-refractivity contribution in [1.29, 1.82) is 0 Å². The van der Waals surface area contributed by atoms with Crippen molar-refractivity contribution in [3.63, 3.8) is 0 Å². The van der Waals surface area contributed by atoms with E-state index in [2.05, 4.69) is 43.2 Å². The standard InChI is InChI=1S/C14H20N3OS.2C3H8.C2H6.K/c18-12-15-11-13-1-3-14(4-2-13)16-5-6-17-7-9-19-10-8-17;2*1-3-2;1-2;/h1-4,12H,5-11H2,(H,15,18);2*3H2,1-2H3;1-2H3;/q-1;;;;+1. The van der Waals surface area contributed by atoms with E-state index >= 15 is 0 Å². The number of thioether (sulfide) groups is 1. The van der Waals surface area contributed by atoms with Gasteiger partial charge in [-0.25, -0.2) is 0 Å². The van der Waals surface area contributed by atoms with E-state index in [0.717, 1.165) is 30.8 Å². The van der Waals surface area contributed by atoms with Crippen LogP contribution in [-0.4, -0.2) is 49.0 Å². The molecule has 0 radical (unpaired) electrons. The van der Waals surface area contributed by atoms with E-state index in [4.69, 9.17) is 0 Å². The average molecular weight is 436 g/mol. The Morgan fingerprint density at radius 1 is 1.04 bits per heavy atom. The average Bonchev–Trinajstić information content (AvgIpc) is 2.71. The summed E-state index contributed by atoms with van der Waals surface area (Å²) in [5.41, 5.74) is 2.11. The fourth-order valence-corrected chi connectivity index (χ4v) is 3.00. The number of nitrogens with zero attached hydrogens (tertiary/aromatic N) is 2. The van der Waals surface area contributed by atoms with Gasteiger partial charge in [-0.15, -0.1) is 12.2 Å². The van der Waals surface area contributed by atoms with Crippen molar-refractivity contribution in [2.45, 2.75) is 60.9 Å². The van der Waals surface area contributed by atoms with Gasteiger partial charge in [-0.3, -0.25) is 4.79 Å². The van der Waals surface area contributed by atoms with Crippen LogP contribution in [0.2, 0.25) is 0 Å². The summed E-state index contributed by atoms with van der Waals surface area (Å²) in [5, 5.41) is 7.23. The van der Waals surface area contributed by atoms with Crippen LogP contribution in [0.3, 0.4) is 0 Å². The number of benzene rings is 1. The molecule has 1 saturated heterocycles. The Hall–Kier alpha value is 0.436. The maximum Gasteiger partial charge on any atom is 1.00 e. The zero-order valence-corrected chi connectivity index (χ0v) is 23.4. The smallest absolute Gasteiger partial charge is 0.683 e. The second kappa shape index (κ2) is 27.4. The van der Waals surface area contributed by atoms with Gasteiger partial charge >= 0.3 is 51.4 Å². The van der Waals surface area contributed by atoms with Gasteiger partial charge in [0.15, 0.2) is 0 Å². The summed E-state index contributed by atoms with van der Waals surface area (Å²) in [7, 11) is 0. The molecule has 1 fully saturated rings. The first-order valence-electron chi connectivity index (χ1n) is 10.4. The van der Waals surface area contributed by atoms with Crippen molar-refractivity contribution in [3.8, 4) is 0 Å². The summed E-state index contributed by atoms with van der Waals surface area (Å²) in [6, 6.07) is 8.03. The SMILES string of the molecule is CC.CCC.CCC.O=CNCc1ccc([N-]CCN2CCSCC2)cc1.[K+]. The van der Waals surface area contributed by atoms with Gasteiger partial charge in [-0.05, 0) is 12.1 Å². The minimum Gasteiger partial charge on any atom is -0.683 e. The van der Waals surface area contributed by atoms with Gasteiger partial charge < -0.3 is 15.5 Å². The third-order valence-electron chi connectivity index (χ3n) is 3.14. The second-order valence-electron chi connectivity index (χ2n) is 5.92. The maximum atomic E-state index is 10.2. The van der Waals surface area contributed by atoms with Crippen molar-refractivity contribution in [2.75, 3.05) is 37.7 Å². The fraction of sp³-hybridized carbons (Fsp3) is 0.682. The van der Waals surface area contributed by atoms with E-state index in [9.17, 15) is 4.79 Å². The number of carbonyl (C=O) groups is 1. The summed E-state index contributed by atoms with van der Waals surface area (Å²) >= 11 is 2.03. The van der Waals surface area contributed by atoms with Crippen molar-refractivity contribution in [1.82, 2.24) is 10.2 Å². The largest absolute Gasteiger partial charge is 1.00 e. The Balaban J connectivity index is -0.000000605. The summed E-state index contributed by atoms with van der Waals surface area (Å²) in [6.07, 6.45) is 3.22. The molecule has 1 aromatic carbocycles. The molecule has 1 aliphatic heterocycles. The van der Waals surface area contributed by atoms with E-state index < -0.39 is 0 Å². The minimum absolute atomic E-state index is 0. The second-order valence-corrected chi connectivity index (χ2v) is 7.14. The molecular weight excluding hydrogens is 393 g/mol. The van der Waals surface area contributed by atoms with Gasteiger partial charge in [0.05, 0.1) is 0 Å². The monoisotopic (exact) mass is 435 g/mol. The van der Waals surface area contributed by atoms with Crippen molar-refractivity contribution < 1.29 is 56.2 Å². The van der Waals surface area contributed by atoms with E-state index in [1.807, 2.05) is 49.9 Å². The number of amides is 1. The van der Waals surface area contributed by atoms with Gasteiger partial charge in [0.25, 0.3) is 0 Å². The number of hydrogen-bond donors (Lipinski definition) is 1. The Bertz CT molecular complexity index is 411. The molecule has 4 nitrogen and oxygen atoms in total. The van der Waals surface area contributed by atoms with Gasteiger partial charge in [0.2, 0.25) is 6.41 Å². The predicted octanol–water partition coefficient (Wildman–Crippen LogP) is 2.85. The van der Waals surface area contributed by atoms with Crippen LogP contribution in [0.5, 0.6) is 0 Å². The molecule has 0 saturated carbocycles. The van der Waals surface area contributed by atoms with Crippen LogP contribution >= 0.6 is 11.8 Å². The summed E-state index contributed by atoms with van der Waals surface area (Å²) in [6.45, 7) is 17.4. The van der Waals surface area contributed by atoms with Crippen LogP contribution in [0.15, 0.2) is 24.3 Å². The first-order chi connectivity index (χ1) is 13.2. The molecule has 0 aromatic heterocycles. The Morgan fingerprint density at radius 3 is 2.00 bits per heavy atom. The summed E-state index contributed by atoms with van der Waals surface area (Å²) in [5.74, 6) is 2.50. The molecule has 1 heterocycles. The van der Waals surface area contributed by atoms with Crippen LogP contribution in [0.1, 0.15) is 59.9 Å². The zero-order valence-electron chi connectivity index (χ0n) is 19.5. The van der Waals surface area contributed by atoms with E-state index in [1.54, 1.807) is 0 Å². The molecule has 6 heteroatoms.